The van der Waals surface area contributed by atoms with Crippen LogP contribution in [0.15, 0.2) is 22.7 Å². The highest BCUT2D eigenvalue weighted by atomic mass is 79.9. The topological polar surface area (TPSA) is 35.2 Å². The fraction of sp³-hybridized carbons (Fsp3) is 0.400. The summed E-state index contributed by atoms with van der Waals surface area (Å²) >= 11 is 3.20. The van der Waals surface area contributed by atoms with Crippen LogP contribution in [-0.4, -0.2) is 13.3 Å². The van der Waals surface area contributed by atoms with Crippen molar-refractivity contribution >= 4 is 15.9 Å². The van der Waals surface area contributed by atoms with Crippen LogP contribution in [0.5, 0.6) is 5.75 Å². The Labute approximate surface area is 99.7 Å². The van der Waals surface area contributed by atoms with Crippen molar-refractivity contribution < 1.29 is 17.9 Å². The van der Waals surface area contributed by atoms with E-state index in [9.17, 15) is 13.2 Å². The van der Waals surface area contributed by atoms with Crippen molar-refractivity contribution in [1.29, 1.82) is 0 Å². The number of rotatable bonds is 3. The first kappa shape index (κ1) is 13.3. The highest BCUT2D eigenvalue weighted by molar-refractivity contribution is 9.10. The van der Waals surface area contributed by atoms with E-state index in [1.54, 1.807) is 12.1 Å². The monoisotopic (exact) mass is 297 g/mol. The maximum atomic E-state index is 12.2. The lowest BCUT2D eigenvalue weighted by atomic mass is 10.0. The molecule has 2 nitrogen and oxygen atoms in total. The van der Waals surface area contributed by atoms with Crippen molar-refractivity contribution in [2.24, 2.45) is 5.73 Å². The van der Waals surface area contributed by atoms with Crippen LogP contribution >= 0.6 is 15.9 Å². The highest BCUT2D eigenvalue weighted by Gasteiger charge is 2.31. The van der Waals surface area contributed by atoms with E-state index in [1.165, 1.54) is 13.2 Å². The molecule has 0 radical (unpaired) electrons. The summed E-state index contributed by atoms with van der Waals surface area (Å²) in [6.07, 6.45) is -5.34. The first-order valence-corrected chi connectivity index (χ1v) is 5.28. The molecule has 0 amide bonds. The molecule has 0 fully saturated rings. The number of halogens is 4. The fourth-order valence-corrected chi connectivity index (χ4v) is 1.69. The molecule has 0 bridgehead atoms. The molecule has 6 heteroatoms. The molecule has 2 N–H and O–H groups in total. The van der Waals surface area contributed by atoms with Crippen molar-refractivity contribution in [1.82, 2.24) is 0 Å². The number of hydrogen-bond donors (Lipinski definition) is 1. The standard InChI is InChI=1S/C10H11BrF3NO/c1-16-9-4-6(11)2-3-7(9)8(15)5-10(12,13)14/h2-4,8H,5,15H2,1H3/t8-/m1/s1. The van der Waals surface area contributed by atoms with Crippen molar-refractivity contribution in [3.8, 4) is 5.75 Å². The predicted molar refractivity (Wildman–Crippen MR) is 58.3 cm³/mol. The molecule has 0 unspecified atom stereocenters. The second kappa shape index (κ2) is 5.05. The number of hydrogen-bond acceptors (Lipinski definition) is 2. The minimum Gasteiger partial charge on any atom is -0.496 e. The van der Waals surface area contributed by atoms with Crippen LogP contribution < -0.4 is 10.5 Å². The van der Waals surface area contributed by atoms with E-state index in [4.69, 9.17) is 10.5 Å². The van der Waals surface area contributed by atoms with Gasteiger partial charge in [0.25, 0.3) is 0 Å². The van der Waals surface area contributed by atoms with Gasteiger partial charge in [-0.2, -0.15) is 13.2 Å². The molecule has 0 aliphatic rings. The highest BCUT2D eigenvalue weighted by Crippen LogP contribution is 2.33. The molecule has 1 rings (SSSR count). The molecule has 90 valence electrons. The van der Waals surface area contributed by atoms with E-state index >= 15 is 0 Å². The third-order valence-electron chi connectivity index (χ3n) is 2.05. The van der Waals surface area contributed by atoms with Gasteiger partial charge in [-0.1, -0.05) is 22.0 Å². The maximum absolute atomic E-state index is 12.2. The van der Waals surface area contributed by atoms with Crippen LogP contribution in [0, 0.1) is 0 Å². The van der Waals surface area contributed by atoms with Gasteiger partial charge in [0.15, 0.2) is 0 Å². The van der Waals surface area contributed by atoms with Gasteiger partial charge in [-0.05, 0) is 12.1 Å². The Morgan fingerprint density at radius 3 is 2.56 bits per heavy atom. The lowest BCUT2D eigenvalue weighted by Crippen LogP contribution is -2.20. The van der Waals surface area contributed by atoms with Crippen molar-refractivity contribution in [3.05, 3.63) is 28.2 Å². The summed E-state index contributed by atoms with van der Waals surface area (Å²) < 4.78 is 42.2. The molecule has 0 saturated carbocycles. The summed E-state index contributed by atoms with van der Waals surface area (Å²) in [4.78, 5) is 0. The maximum Gasteiger partial charge on any atom is 0.390 e. The number of ether oxygens (including phenoxy) is 1. The number of alkyl halides is 3. The van der Waals surface area contributed by atoms with E-state index in [1.807, 2.05) is 0 Å². The van der Waals surface area contributed by atoms with Gasteiger partial charge in [0, 0.05) is 16.1 Å². The van der Waals surface area contributed by atoms with Gasteiger partial charge >= 0.3 is 6.18 Å². The second-order valence-electron chi connectivity index (χ2n) is 3.31. The van der Waals surface area contributed by atoms with Gasteiger partial charge in [0.2, 0.25) is 0 Å². The Morgan fingerprint density at radius 1 is 1.44 bits per heavy atom. The van der Waals surface area contributed by atoms with Gasteiger partial charge in [-0.15, -0.1) is 0 Å². The number of methoxy groups -OCH3 is 1. The molecule has 16 heavy (non-hydrogen) atoms. The summed E-state index contributed by atoms with van der Waals surface area (Å²) in [6.45, 7) is 0. The summed E-state index contributed by atoms with van der Waals surface area (Å²) in [5.41, 5.74) is 5.84. The molecule has 0 aromatic heterocycles. The molecule has 0 aliphatic heterocycles. The molecule has 0 saturated heterocycles. The second-order valence-corrected chi connectivity index (χ2v) is 4.23. The first-order chi connectivity index (χ1) is 7.33. The van der Waals surface area contributed by atoms with Crippen LogP contribution in [0.1, 0.15) is 18.0 Å². The molecular formula is C10H11BrF3NO. The van der Waals surface area contributed by atoms with E-state index in [-0.39, 0.29) is 0 Å². The zero-order valence-electron chi connectivity index (χ0n) is 8.51. The van der Waals surface area contributed by atoms with Crippen molar-refractivity contribution in [2.75, 3.05) is 7.11 Å². The molecule has 0 heterocycles. The minimum absolute atomic E-state index is 0.350. The normalized spacial score (nSPS) is 13.6. The average Bonchev–Trinajstić information content (AvgIpc) is 2.14. The quantitative estimate of drug-likeness (QED) is 0.928. The van der Waals surface area contributed by atoms with Crippen LogP contribution in [0.25, 0.3) is 0 Å². The Morgan fingerprint density at radius 2 is 2.06 bits per heavy atom. The summed E-state index contributed by atoms with van der Waals surface area (Å²) in [5.74, 6) is 0.353. The van der Waals surface area contributed by atoms with Crippen LogP contribution in [-0.2, 0) is 0 Å². The Hall–Kier alpha value is -0.750. The predicted octanol–water partition coefficient (Wildman–Crippen LogP) is 3.41. The Bertz CT molecular complexity index is 368. The number of benzene rings is 1. The minimum atomic E-state index is -4.28. The van der Waals surface area contributed by atoms with Crippen molar-refractivity contribution in [3.63, 3.8) is 0 Å². The first-order valence-electron chi connectivity index (χ1n) is 4.49. The van der Waals surface area contributed by atoms with E-state index in [0.717, 1.165) is 4.47 Å². The SMILES string of the molecule is COc1cc(Br)ccc1[C@H](N)CC(F)(F)F. The molecule has 0 spiro atoms. The zero-order valence-corrected chi connectivity index (χ0v) is 10.1. The zero-order chi connectivity index (χ0) is 12.3. The third kappa shape index (κ3) is 3.68. The lowest BCUT2D eigenvalue weighted by Gasteiger charge is -2.17. The van der Waals surface area contributed by atoms with Gasteiger partial charge in [0.1, 0.15) is 5.75 Å². The summed E-state index contributed by atoms with van der Waals surface area (Å²) in [7, 11) is 1.39. The number of nitrogens with two attached hydrogens (primary N) is 1. The van der Waals surface area contributed by atoms with E-state index < -0.39 is 18.6 Å². The lowest BCUT2D eigenvalue weighted by molar-refractivity contribution is -0.138. The Kier molecular flexibility index (Phi) is 4.21. The van der Waals surface area contributed by atoms with E-state index in [0.29, 0.717) is 11.3 Å². The third-order valence-corrected chi connectivity index (χ3v) is 2.54. The van der Waals surface area contributed by atoms with Gasteiger partial charge in [-0.3, -0.25) is 0 Å². The summed E-state index contributed by atoms with van der Waals surface area (Å²) in [6, 6.07) is 3.64. The smallest absolute Gasteiger partial charge is 0.390 e. The average molecular weight is 298 g/mol. The van der Waals surface area contributed by atoms with Gasteiger partial charge in [0.05, 0.1) is 13.5 Å². The van der Waals surface area contributed by atoms with Crippen molar-refractivity contribution in [2.45, 2.75) is 18.6 Å². The van der Waals surface area contributed by atoms with Gasteiger partial charge < -0.3 is 10.5 Å². The molecular weight excluding hydrogens is 287 g/mol. The molecule has 0 aliphatic carbocycles. The Balaban J connectivity index is 2.94. The fourth-order valence-electron chi connectivity index (χ4n) is 1.35. The molecule has 1 aromatic carbocycles. The molecule has 1 atom stereocenters. The van der Waals surface area contributed by atoms with Crippen LogP contribution in [0.4, 0.5) is 13.2 Å². The van der Waals surface area contributed by atoms with Crippen LogP contribution in [0.3, 0.4) is 0 Å². The summed E-state index contributed by atoms with van der Waals surface area (Å²) in [5, 5.41) is 0. The largest absolute Gasteiger partial charge is 0.496 e. The van der Waals surface area contributed by atoms with Crippen LogP contribution in [0.2, 0.25) is 0 Å². The molecule has 1 aromatic rings. The van der Waals surface area contributed by atoms with E-state index in [2.05, 4.69) is 15.9 Å². The van der Waals surface area contributed by atoms with Gasteiger partial charge in [-0.25, -0.2) is 0 Å².